The third-order valence-corrected chi connectivity index (χ3v) is 6.42. The number of carbonyl (C=O) groups excluding carboxylic acids is 3. The fraction of sp³-hybridized carbons (Fsp3) is 0.630. The normalized spacial score (nSPS) is 16.4. The lowest BCUT2D eigenvalue weighted by Gasteiger charge is -2.29. The second-order valence-electron chi connectivity index (χ2n) is 9.49. The van der Waals surface area contributed by atoms with Crippen LogP contribution in [0.4, 0.5) is 0 Å². The SMILES string of the molecule is CCCC(=O)Oc1ccc(C(C(C)COC(=O)C2CCCCC2)[C@H](N)C(=O)O)cc1OC(=O)CCC. The second-order valence-corrected chi connectivity index (χ2v) is 9.49. The van der Waals surface area contributed by atoms with Crippen molar-refractivity contribution in [3.8, 4) is 11.5 Å². The number of esters is 3. The van der Waals surface area contributed by atoms with Gasteiger partial charge in [-0.2, -0.15) is 0 Å². The van der Waals surface area contributed by atoms with E-state index in [2.05, 4.69) is 0 Å². The van der Waals surface area contributed by atoms with Gasteiger partial charge in [0, 0.05) is 18.8 Å². The number of benzene rings is 1. The number of hydrogen-bond acceptors (Lipinski definition) is 8. The predicted molar refractivity (Wildman–Crippen MR) is 133 cm³/mol. The summed E-state index contributed by atoms with van der Waals surface area (Å²) in [7, 11) is 0. The highest BCUT2D eigenvalue weighted by molar-refractivity contribution is 5.77. The van der Waals surface area contributed by atoms with E-state index in [1.807, 2.05) is 13.8 Å². The van der Waals surface area contributed by atoms with Crippen LogP contribution in [0.1, 0.15) is 90.0 Å². The summed E-state index contributed by atoms with van der Waals surface area (Å²) in [6.45, 7) is 5.43. The molecule has 2 rings (SSSR count). The topological polar surface area (TPSA) is 142 Å². The molecule has 1 aliphatic rings. The maximum atomic E-state index is 12.5. The molecule has 3 atom stereocenters. The smallest absolute Gasteiger partial charge is 0.321 e. The molecule has 0 amide bonds. The van der Waals surface area contributed by atoms with E-state index in [4.69, 9.17) is 19.9 Å². The van der Waals surface area contributed by atoms with Crippen molar-refractivity contribution in [2.24, 2.45) is 17.6 Å². The van der Waals surface area contributed by atoms with Gasteiger partial charge in [-0.15, -0.1) is 0 Å². The van der Waals surface area contributed by atoms with Crippen LogP contribution < -0.4 is 15.2 Å². The van der Waals surface area contributed by atoms with Gasteiger partial charge in [0.1, 0.15) is 6.04 Å². The zero-order valence-corrected chi connectivity index (χ0v) is 21.5. The number of aliphatic carboxylic acids is 1. The maximum absolute atomic E-state index is 12.5. The second kappa shape index (κ2) is 14.6. The molecule has 36 heavy (non-hydrogen) atoms. The summed E-state index contributed by atoms with van der Waals surface area (Å²) < 4.78 is 16.4. The Hall–Kier alpha value is -2.94. The highest BCUT2D eigenvalue weighted by Crippen LogP contribution is 2.36. The predicted octanol–water partition coefficient (Wildman–Crippen LogP) is 4.35. The monoisotopic (exact) mass is 505 g/mol. The Labute approximate surface area is 212 Å². The van der Waals surface area contributed by atoms with Crippen molar-refractivity contribution in [1.29, 1.82) is 0 Å². The van der Waals surface area contributed by atoms with Gasteiger partial charge in [0.2, 0.25) is 0 Å². The molecule has 0 aromatic heterocycles. The van der Waals surface area contributed by atoms with Gasteiger partial charge < -0.3 is 25.1 Å². The van der Waals surface area contributed by atoms with Crippen LogP contribution in [0.5, 0.6) is 11.5 Å². The minimum atomic E-state index is -1.30. The van der Waals surface area contributed by atoms with Gasteiger partial charge in [-0.05, 0) is 49.3 Å². The first-order chi connectivity index (χ1) is 17.2. The molecule has 3 N–H and O–H groups in total. The average molecular weight is 506 g/mol. The molecule has 0 radical (unpaired) electrons. The number of carboxylic acid groups (broad SMARTS) is 1. The Balaban J connectivity index is 2.30. The Kier molecular flexibility index (Phi) is 11.9. The summed E-state index contributed by atoms with van der Waals surface area (Å²) in [6.07, 6.45) is 6.23. The zero-order chi connectivity index (χ0) is 26.7. The maximum Gasteiger partial charge on any atom is 0.321 e. The lowest BCUT2D eigenvalue weighted by Crippen LogP contribution is -2.41. The first-order valence-corrected chi connectivity index (χ1v) is 12.9. The van der Waals surface area contributed by atoms with Crippen LogP contribution in [0, 0.1) is 11.8 Å². The number of carboxylic acids is 1. The lowest BCUT2D eigenvalue weighted by molar-refractivity contribution is -0.151. The van der Waals surface area contributed by atoms with Crippen LogP contribution >= 0.6 is 0 Å². The van der Waals surface area contributed by atoms with Crippen LogP contribution in [-0.4, -0.2) is 41.6 Å². The molecule has 0 spiro atoms. The molecular formula is C27H39NO8. The number of carbonyl (C=O) groups is 4. The van der Waals surface area contributed by atoms with Gasteiger partial charge in [0.15, 0.2) is 11.5 Å². The summed E-state index contributed by atoms with van der Waals surface area (Å²) in [4.78, 5) is 48.7. The van der Waals surface area contributed by atoms with E-state index in [0.29, 0.717) is 18.4 Å². The number of rotatable bonds is 13. The van der Waals surface area contributed by atoms with Crippen molar-refractivity contribution in [3.05, 3.63) is 23.8 Å². The average Bonchev–Trinajstić information content (AvgIpc) is 2.84. The Morgan fingerprint density at radius 1 is 0.972 bits per heavy atom. The van der Waals surface area contributed by atoms with Crippen molar-refractivity contribution in [1.82, 2.24) is 0 Å². The van der Waals surface area contributed by atoms with Gasteiger partial charge in [0.25, 0.3) is 0 Å². The molecule has 0 bridgehead atoms. The van der Waals surface area contributed by atoms with E-state index in [-0.39, 0.29) is 42.8 Å². The number of ether oxygens (including phenoxy) is 3. The molecule has 1 fully saturated rings. The summed E-state index contributed by atoms with van der Waals surface area (Å²) >= 11 is 0. The fourth-order valence-corrected chi connectivity index (χ4v) is 4.47. The van der Waals surface area contributed by atoms with Crippen molar-refractivity contribution < 1.29 is 38.5 Å². The molecule has 1 aromatic rings. The largest absolute Gasteiger partial charge is 0.480 e. The first-order valence-electron chi connectivity index (χ1n) is 12.9. The van der Waals surface area contributed by atoms with E-state index in [1.54, 1.807) is 13.0 Å². The van der Waals surface area contributed by atoms with Crippen molar-refractivity contribution in [2.45, 2.75) is 90.5 Å². The Bertz CT molecular complexity index is 909. The van der Waals surface area contributed by atoms with Crippen LogP contribution in [0.2, 0.25) is 0 Å². The molecule has 200 valence electrons. The van der Waals surface area contributed by atoms with Gasteiger partial charge in [-0.25, -0.2) is 0 Å². The minimum Gasteiger partial charge on any atom is -0.480 e. The van der Waals surface area contributed by atoms with Crippen LogP contribution in [0.3, 0.4) is 0 Å². The molecular weight excluding hydrogens is 466 g/mol. The summed E-state index contributed by atoms with van der Waals surface area (Å²) in [6, 6.07) is 3.24. The highest BCUT2D eigenvalue weighted by atomic mass is 16.6. The van der Waals surface area contributed by atoms with E-state index in [0.717, 1.165) is 32.1 Å². The molecule has 2 unspecified atom stereocenters. The molecule has 9 nitrogen and oxygen atoms in total. The Morgan fingerprint density at radius 3 is 2.11 bits per heavy atom. The van der Waals surface area contributed by atoms with Gasteiger partial charge in [-0.3, -0.25) is 19.2 Å². The number of hydrogen-bond donors (Lipinski definition) is 2. The van der Waals surface area contributed by atoms with E-state index in [1.165, 1.54) is 12.1 Å². The molecule has 9 heteroatoms. The van der Waals surface area contributed by atoms with E-state index in [9.17, 15) is 24.3 Å². The third kappa shape index (κ3) is 8.62. The van der Waals surface area contributed by atoms with Gasteiger partial charge >= 0.3 is 23.9 Å². The zero-order valence-electron chi connectivity index (χ0n) is 21.5. The molecule has 0 heterocycles. The van der Waals surface area contributed by atoms with E-state index >= 15 is 0 Å². The number of nitrogens with two attached hydrogens (primary N) is 1. The summed E-state index contributed by atoms with van der Waals surface area (Å²) in [5.74, 6) is -3.70. The van der Waals surface area contributed by atoms with Crippen molar-refractivity contribution in [2.75, 3.05) is 6.61 Å². The summed E-state index contributed by atoms with van der Waals surface area (Å²) in [5, 5.41) is 9.67. The van der Waals surface area contributed by atoms with Crippen molar-refractivity contribution >= 4 is 23.9 Å². The van der Waals surface area contributed by atoms with Crippen molar-refractivity contribution in [3.63, 3.8) is 0 Å². The van der Waals surface area contributed by atoms with Crippen LogP contribution in [-0.2, 0) is 23.9 Å². The first kappa shape index (κ1) is 29.3. The molecule has 1 aromatic carbocycles. The van der Waals surface area contributed by atoms with Crippen LogP contribution in [0.25, 0.3) is 0 Å². The lowest BCUT2D eigenvalue weighted by atomic mass is 9.82. The third-order valence-electron chi connectivity index (χ3n) is 6.42. The summed E-state index contributed by atoms with van der Waals surface area (Å²) in [5.41, 5.74) is 6.54. The Morgan fingerprint density at radius 2 is 1.56 bits per heavy atom. The molecule has 0 saturated heterocycles. The molecule has 1 saturated carbocycles. The molecule has 0 aliphatic heterocycles. The quantitative estimate of drug-likeness (QED) is 0.295. The van der Waals surface area contributed by atoms with Gasteiger partial charge in [-0.1, -0.05) is 46.1 Å². The van der Waals surface area contributed by atoms with E-state index < -0.39 is 35.8 Å². The van der Waals surface area contributed by atoms with Crippen LogP contribution in [0.15, 0.2) is 18.2 Å². The molecule has 1 aliphatic carbocycles. The highest BCUT2D eigenvalue weighted by Gasteiger charge is 2.33. The van der Waals surface area contributed by atoms with Gasteiger partial charge in [0.05, 0.1) is 12.5 Å². The fourth-order valence-electron chi connectivity index (χ4n) is 4.47. The minimum absolute atomic E-state index is 0.000820. The standard InChI is InChI=1S/C27H39NO8/c1-4-9-22(29)35-20-14-13-19(15-21(20)36-23(30)10-5-2)24(25(28)26(31)32)17(3)16-34-27(33)18-11-7-6-8-12-18/h13-15,17-18,24-25H,4-12,16,28H2,1-3H3,(H,31,32)/t17?,24?,25-/m0/s1.